The summed E-state index contributed by atoms with van der Waals surface area (Å²) in [6.07, 6.45) is 0. The maximum absolute atomic E-state index is 12.8. The Hall–Kier alpha value is -3.28. The number of fused-ring (bicyclic) bond motifs is 1. The third kappa shape index (κ3) is 5.39. The molecule has 0 saturated heterocycles. The number of hydrogen-bond acceptors (Lipinski definition) is 9. The van der Waals surface area contributed by atoms with E-state index in [0.29, 0.717) is 43.5 Å². The molecule has 2 aromatic carbocycles. The van der Waals surface area contributed by atoms with E-state index in [1.165, 1.54) is 28.7 Å². The van der Waals surface area contributed by atoms with E-state index in [1.54, 1.807) is 4.57 Å². The van der Waals surface area contributed by atoms with E-state index in [0.717, 1.165) is 17.0 Å². The highest BCUT2D eigenvalue weighted by Gasteiger charge is 2.17. The second kappa shape index (κ2) is 10.2. The Labute approximate surface area is 226 Å². The first-order valence-electron chi connectivity index (χ1n) is 11.7. The Morgan fingerprint density at radius 3 is 2.51 bits per heavy atom. The van der Waals surface area contributed by atoms with E-state index in [4.69, 9.17) is 26.5 Å². The number of aromatic amines is 1. The van der Waals surface area contributed by atoms with E-state index < -0.39 is 0 Å². The highest BCUT2D eigenvalue weighted by atomic mass is 32.2. The van der Waals surface area contributed by atoms with Gasteiger partial charge >= 0.3 is 0 Å². The molecule has 5 aromatic rings. The van der Waals surface area contributed by atoms with Gasteiger partial charge in [-0.25, -0.2) is 4.98 Å². The Bertz CT molecular complexity index is 1660. The fraction of sp³-hybridized carbons (Fsp3) is 0.269. The Morgan fingerprint density at radius 2 is 1.84 bits per heavy atom. The second-order valence-electron chi connectivity index (χ2n) is 9.28. The lowest BCUT2D eigenvalue weighted by Crippen LogP contribution is -2.10. The van der Waals surface area contributed by atoms with Crippen LogP contribution in [-0.2, 0) is 11.2 Å². The lowest BCUT2D eigenvalue weighted by Gasteiger charge is -2.18. The number of aromatic nitrogens is 5. The zero-order valence-corrected chi connectivity index (χ0v) is 23.2. The monoisotopic (exact) mass is 551 g/mol. The molecular formula is C26H25N5O3S3. The number of rotatable bonds is 7. The van der Waals surface area contributed by atoms with Crippen molar-refractivity contribution in [1.82, 2.24) is 24.7 Å². The van der Waals surface area contributed by atoms with Crippen LogP contribution >= 0.6 is 35.3 Å². The summed E-state index contributed by atoms with van der Waals surface area (Å²) >= 11 is 8.10. The molecule has 0 bridgehead atoms. The molecule has 11 heteroatoms. The summed E-state index contributed by atoms with van der Waals surface area (Å²) in [6.45, 7) is 9.04. The zero-order valence-electron chi connectivity index (χ0n) is 20.8. The highest BCUT2D eigenvalue weighted by molar-refractivity contribution is 7.98. The van der Waals surface area contributed by atoms with Gasteiger partial charge in [0.2, 0.25) is 11.7 Å². The predicted molar refractivity (Wildman–Crippen MR) is 150 cm³/mol. The van der Waals surface area contributed by atoms with Gasteiger partial charge in [-0.05, 0) is 54.4 Å². The summed E-state index contributed by atoms with van der Waals surface area (Å²) in [4.78, 5) is 24.9. The van der Waals surface area contributed by atoms with Gasteiger partial charge in [-0.3, -0.25) is 9.36 Å². The molecule has 0 fully saturated rings. The summed E-state index contributed by atoms with van der Waals surface area (Å²) in [7, 11) is 0. The van der Waals surface area contributed by atoms with Crippen LogP contribution in [0.4, 0.5) is 0 Å². The summed E-state index contributed by atoms with van der Waals surface area (Å²) in [5.41, 5.74) is 3.27. The van der Waals surface area contributed by atoms with Crippen molar-refractivity contribution in [3.63, 3.8) is 0 Å². The first-order valence-corrected chi connectivity index (χ1v) is 13.9. The first-order chi connectivity index (χ1) is 17.7. The molecule has 1 N–H and O–H groups in total. The van der Waals surface area contributed by atoms with Crippen molar-refractivity contribution in [2.75, 3.05) is 6.61 Å². The molecule has 0 spiro atoms. The smallest absolute Gasteiger partial charge is 0.271 e. The minimum Gasteiger partial charge on any atom is -0.494 e. The van der Waals surface area contributed by atoms with Crippen LogP contribution in [0.1, 0.15) is 39.1 Å². The molecule has 0 aliphatic rings. The topological polar surface area (TPSA) is 98.8 Å². The molecule has 0 aliphatic carbocycles. The Morgan fingerprint density at radius 1 is 1.11 bits per heavy atom. The van der Waals surface area contributed by atoms with Gasteiger partial charge in [-0.2, -0.15) is 4.98 Å². The third-order valence-electron chi connectivity index (χ3n) is 5.64. The van der Waals surface area contributed by atoms with E-state index in [9.17, 15) is 4.79 Å². The summed E-state index contributed by atoms with van der Waals surface area (Å²) in [5, 5.41) is 4.56. The fourth-order valence-corrected chi connectivity index (χ4v) is 5.69. The van der Waals surface area contributed by atoms with Crippen molar-refractivity contribution in [2.24, 2.45) is 0 Å². The Balaban J connectivity index is 1.37. The lowest BCUT2D eigenvalue weighted by molar-refractivity contribution is 0.340. The van der Waals surface area contributed by atoms with E-state index in [2.05, 4.69) is 48.0 Å². The zero-order chi connectivity index (χ0) is 26.2. The molecular weight excluding hydrogens is 527 g/mol. The maximum atomic E-state index is 12.8. The lowest BCUT2D eigenvalue weighted by atomic mass is 9.87. The number of ether oxygens (including phenoxy) is 1. The van der Waals surface area contributed by atoms with Gasteiger partial charge in [-0.15, -0.1) is 0 Å². The summed E-state index contributed by atoms with van der Waals surface area (Å²) in [5.74, 6) is 2.09. The van der Waals surface area contributed by atoms with Gasteiger partial charge in [-0.1, -0.05) is 73.3 Å². The van der Waals surface area contributed by atoms with Gasteiger partial charge < -0.3 is 14.2 Å². The van der Waals surface area contributed by atoms with E-state index in [-0.39, 0.29) is 11.0 Å². The van der Waals surface area contributed by atoms with Crippen LogP contribution in [0.25, 0.3) is 27.4 Å². The normalized spacial score (nSPS) is 11.8. The molecule has 0 radical (unpaired) electrons. The molecule has 3 aromatic heterocycles. The number of benzene rings is 2. The van der Waals surface area contributed by atoms with Crippen molar-refractivity contribution < 1.29 is 9.26 Å². The molecule has 5 rings (SSSR count). The third-order valence-corrected chi connectivity index (χ3v) is 7.86. The van der Waals surface area contributed by atoms with Gasteiger partial charge in [0, 0.05) is 11.3 Å². The predicted octanol–water partition coefficient (Wildman–Crippen LogP) is 6.54. The summed E-state index contributed by atoms with van der Waals surface area (Å²) in [6, 6.07) is 15.7. The number of thiazole rings is 1. The van der Waals surface area contributed by atoms with E-state index >= 15 is 0 Å². The van der Waals surface area contributed by atoms with Crippen LogP contribution in [0.2, 0.25) is 0 Å². The number of nitrogens with zero attached hydrogens (tertiary/aromatic N) is 4. The van der Waals surface area contributed by atoms with Crippen LogP contribution in [0.5, 0.6) is 5.75 Å². The molecule has 0 saturated carbocycles. The van der Waals surface area contributed by atoms with Crippen LogP contribution < -0.4 is 10.3 Å². The number of H-pyrrole nitrogens is 1. The molecule has 0 unspecified atom stereocenters. The van der Waals surface area contributed by atoms with Crippen LogP contribution in [0.3, 0.4) is 0 Å². The van der Waals surface area contributed by atoms with Crippen molar-refractivity contribution in [1.29, 1.82) is 0 Å². The summed E-state index contributed by atoms with van der Waals surface area (Å²) < 4.78 is 13.8. The molecule has 0 amide bonds. The SMILES string of the molecule is CCOc1ccc(-n2c(=S)sc3c(=O)[nH]c(SCc4nc(-c5ccc(C(C)(C)C)cc5)no4)nc32)cc1. The van der Waals surface area contributed by atoms with Crippen LogP contribution in [0, 0.1) is 3.95 Å². The largest absolute Gasteiger partial charge is 0.494 e. The van der Waals surface area contributed by atoms with Gasteiger partial charge in [0.15, 0.2) is 14.8 Å². The first kappa shape index (κ1) is 25.4. The van der Waals surface area contributed by atoms with Crippen molar-refractivity contribution >= 4 is 45.7 Å². The number of nitrogens with one attached hydrogen (secondary N) is 1. The number of thioether (sulfide) groups is 1. The average molecular weight is 552 g/mol. The molecule has 190 valence electrons. The molecule has 0 atom stereocenters. The minimum absolute atomic E-state index is 0.0715. The molecule has 8 nitrogen and oxygen atoms in total. The van der Waals surface area contributed by atoms with Crippen LogP contribution in [-0.4, -0.2) is 31.3 Å². The van der Waals surface area contributed by atoms with Gasteiger partial charge in [0.25, 0.3) is 5.56 Å². The molecule has 3 heterocycles. The Kier molecular flexibility index (Phi) is 7.02. The number of hydrogen-bond donors (Lipinski definition) is 1. The highest BCUT2D eigenvalue weighted by Crippen LogP contribution is 2.28. The minimum atomic E-state index is -0.238. The second-order valence-corrected chi connectivity index (χ2v) is 11.9. The van der Waals surface area contributed by atoms with Crippen LogP contribution in [0.15, 0.2) is 63.0 Å². The standard InChI is InChI=1S/C26H25N5O3S3/c1-5-33-18-12-10-17(11-13-18)31-22-20(37-25(31)35)23(32)29-24(28-22)36-14-19-27-21(30-34-19)15-6-8-16(9-7-15)26(2,3)4/h6-13H,5,14H2,1-4H3,(H,28,29,32). The maximum Gasteiger partial charge on any atom is 0.271 e. The van der Waals surface area contributed by atoms with Crippen molar-refractivity contribution in [3.8, 4) is 22.8 Å². The quantitative estimate of drug-likeness (QED) is 0.138. The average Bonchev–Trinajstić information content (AvgIpc) is 3.48. The molecule has 37 heavy (non-hydrogen) atoms. The van der Waals surface area contributed by atoms with Gasteiger partial charge in [0.1, 0.15) is 10.4 Å². The fourth-order valence-electron chi connectivity index (χ4n) is 3.73. The van der Waals surface area contributed by atoms with Crippen molar-refractivity contribution in [2.45, 2.75) is 44.0 Å². The van der Waals surface area contributed by atoms with Crippen molar-refractivity contribution in [3.05, 3.63) is 74.3 Å². The molecule has 0 aliphatic heterocycles. The van der Waals surface area contributed by atoms with Gasteiger partial charge in [0.05, 0.1) is 12.4 Å². The van der Waals surface area contributed by atoms with E-state index in [1.807, 2.05) is 43.3 Å².